The lowest BCUT2D eigenvalue weighted by Crippen LogP contribution is -2.41. The highest BCUT2D eigenvalue weighted by Gasteiger charge is 2.45. The van der Waals surface area contributed by atoms with Gasteiger partial charge in [-0.25, -0.2) is 4.79 Å². The first-order valence-electron chi connectivity index (χ1n) is 6.94. The molecule has 0 spiro atoms. The average Bonchev–Trinajstić information content (AvgIpc) is 3.24. The highest BCUT2D eigenvalue weighted by atomic mass is 19.4. The minimum Gasteiger partial charge on any atom is -0.480 e. The molecule has 3 atom stereocenters. The standard InChI is InChI=1S/C15H16F3NO3/c1-2-12(14(21)22)19-13(20)11-7-10(11)8-4-3-5-9(6-8)15(16,17)18/h3-6,10-12H,2,7H2,1H3,(H,19,20)(H,21,22). The zero-order valence-electron chi connectivity index (χ0n) is 11.9. The van der Waals surface area contributed by atoms with Gasteiger partial charge >= 0.3 is 12.1 Å². The molecular weight excluding hydrogens is 299 g/mol. The molecule has 1 amide bonds. The number of rotatable bonds is 5. The number of carbonyl (C=O) groups excluding carboxylic acids is 1. The number of halogens is 3. The van der Waals surface area contributed by atoms with Gasteiger partial charge in [-0.15, -0.1) is 0 Å². The van der Waals surface area contributed by atoms with E-state index in [4.69, 9.17) is 5.11 Å². The Bertz CT molecular complexity index is 586. The lowest BCUT2D eigenvalue weighted by atomic mass is 10.0. The Morgan fingerprint density at radius 3 is 2.64 bits per heavy atom. The first-order valence-corrected chi connectivity index (χ1v) is 6.94. The van der Waals surface area contributed by atoms with E-state index in [2.05, 4.69) is 5.32 Å². The van der Waals surface area contributed by atoms with Crippen molar-refractivity contribution in [2.75, 3.05) is 0 Å². The first kappa shape index (κ1) is 16.3. The molecule has 0 aliphatic heterocycles. The van der Waals surface area contributed by atoms with E-state index in [9.17, 15) is 22.8 Å². The lowest BCUT2D eigenvalue weighted by Gasteiger charge is -2.12. The van der Waals surface area contributed by atoms with Gasteiger partial charge in [-0.1, -0.05) is 25.1 Å². The van der Waals surface area contributed by atoms with E-state index in [1.54, 1.807) is 13.0 Å². The summed E-state index contributed by atoms with van der Waals surface area (Å²) in [7, 11) is 0. The minimum absolute atomic E-state index is 0.252. The SMILES string of the molecule is CCC(NC(=O)C1CC1c1cccc(C(F)(F)F)c1)C(=O)O. The van der Waals surface area contributed by atoms with Crippen LogP contribution in [0.1, 0.15) is 36.8 Å². The Hall–Kier alpha value is -2.05. The van der Waals surface area contributed by atoms with Crippen LogP contribution in [0, 0.1) is 5.92 Å². The van der Waals surface area contributed by atoms with Gasteiger partial charge in [-0.2, -0.15) is 13.2 Å². The molecule has 3 unspecified atom stereocenters. The van der Waals surface area contributed by atoms with E-state index < -0.39 is 35.6 Å². The average molecular weight is 315 g/mol. The van der Waals surface area contributed by atoms with Crippen molar-refractivity contribution < 1.29 is 27.9 Å². The minimum atomic E-state index is -4.42. The molecule has 1 aromatic rings. The second-order valence-electron chi connectivity index (χ2n) is 5.38. The Balaban J connectivity index is 2.03. The summed E-state index contributed by atoms with van der Waals surface area (Å²) in [5.41, 5.74) is -0.286. The second kappa shape index (κ2) is 5.98. The normalized spacial score (nSPS) is 22.0. The molecule has 0 saturated heterocycles. The van der Waals surface area contributed by atoms with Gasteiger partial charge in [-0.05, 0) is 30.4 Å². The molecule has 0 radical (unpaired) electrons. The molecule has 7 heteroatoms. The molecule has 1 aliphatic carbocycles. The van der Waals surface area contributed by atoms with Gasteiger partial charge in [0.15, 0.2) is 0 Å². The number of amides is 1. The molecule has 1 fully saturated rings. The fraction of sp³-hybridized carbons (Fsp3) is 0.467. The Morgan fingerprint density at radius 1 is 1.41 bits per heavy atom. The summed E-state index contributed by atoms with van der Waals surface area (Å²) in [6, 6.07) is 3.94. The van der Waals surface area contributed by atoms with Crippen molar-refractivity contribution in [3.63, 3.8) is 0 Å². The van der Waals surface area contributed by atoms with E-state index >= 15 is 0 Å². The molecular formula is C15H16F3NO3. The summed E-state index contributed by atoms with van der Waals surface area (Å²) in [4.78, 5) is 22.8. The number of carbonyl (C=O) groups is 2. The van der Waals surface area contributed by atoms with Gasteiger partial charge in [0.1, 0.15) is 6.04 Å². The monoisotopic (exact) mass is 315 g/mol. The molecule has 1 aromatic carbocycles. The van der Waals surface area contributed by atoms with Gasteiger partial charge < -0.3 is 10.4 Å². The topological polar surface area (TPSA) is 66.4 Å². The van der Waals surface area contributed by atoms with E-state index in [-0.39, 0.29) is 12.3 Å². The van der Waals surface area contributed by atoms with E-state index in [1.807, 2.05) is 0 Å². The first-order chi connectivity index (χ1) is 10.2. The Morgan fingerprint density at radius 2 is 2.09 bits per heavy atom. The number of nitrogens with one attached hydrogen (secondary N) is 1. The van der Waals surface area contributed by atoms with Crippen LogP contribution in [0.2, 0.25) is 0 Å². The van der Waals surface area contributed by atoms with Crippen LogP contribution < -0.4 is 5.32 Å². The molecule has 2 rings (SSSR count). The predicted molar refractivity (Wildman–Crippen MR) is 72.1 cm³/mol. The van der Waals surface area contributed by atoms with Crippen LogP contribution in [0.3, 0.4) is 0 Å². The molecule has 4 nitrogen and oxygen atoms in total. The number of carboxylic acids is 1. The highest BCUT2D eigenvalue weighted by Crippen LogP contribution is 2.48. The molecule has 2 N–H and O–H groups in total. The number of aliphatic carboxylic acids is 1. The summed E-state index contributed by atoms with van der Waals surface area (Å²) >= 11 is 0. The van der Waals surface area contributed by atoms with E-state index in [0.29, 0.717) is 12.0 Å². The largest absolute Gasteiger partial charge is 0.480 e. The van der Waals surface area contributed by atoms with Crippen molar-refractivity contribution in [3.05, 3.63) is 35.4 Å². The molecule has 22 heavy (non-hydrogen) atoms. The van der Waals surface area contributed by atoms with Gasteiger partial charge in [0.25, 0.3) is 0 Å². The predicted octanol–water partition coefficient (Wildman–Crippen LogP) is 2.79. The maximum absolute atomic E-state index is 12.7. The summed E-state index contributed by atoms with van der Waals surface area (Å²) in [6.45, 7) is 1.64. The lowest BCUT2D eigenvalue weighted by molar-refractivity contribution is -0.142. The number of hydrogen-bond donors (Lipinski definition) is 2. The molecule has 120 valence electrons. The van der Waals surface area contributed by atoms with Crippen LogP contribution >= 0.6 is 0 Å². The van der Waals surface area contributed by atoms with Crippen molar-refractivity contribution >= 4 is 11.9 Å². The second-order valence-corrected chi connectivity index (χ2v) is 5.38. The van der Waals surface area contributed by atoms with E-state index in [0.717, 1.165) is 12.1 Å². The van der Waals surface area contributed by atoms with Crippen LogP contribution in [-0.2, 0) is 15.8 Å². The van der Waals surface area contributed by atoms with Crippen molar-refractivity contribution in [3.8, 4) is 0 Å². The van der Waals surface area contributed by atoms with Gasteiger partial charge in [0.2, 0.25) is 5.91 Å². The maximum Gasteiger partial charge on any atom is 0.416 e. The van der Waals surface area contributed by atoms with Crippen molar-refractivity contribution in [1.82, 2.24) is 5.32 Å². The van der Waals surface area contributed by atoms with Gasteiger partial charge in [0, 0.05) is 5.92 Å². The summed E-state index contributed by atoms with van der Waals surface area (Å²) in [5.74, 6) is -2.28. The number of carboxylic acid groups (broad SMARTS) is 1. The van der Waals surface area contributed by atoms with Crippen LogP contribution in [-0.4, -0.2) is 23.0 Å². The molecule has 0 aromatic heterocycles. The zero-order valence-corrected chi connectivity index (χ0v) is 11.9. The van der Waals surface area contributed by atoms with Crippen LogP contribution in [0.4, 0.5) is 13.2 Å². The van der Waals surface area contributed by atoms with Crippen molar-refractivity contribution in [2.24, 2.45) is 5.92 Å². The van der Waals surface area contributed by atoms with Crippen molar-refractivity contribution in [2.45, 2.75) is 37.9 Å². The summed E-state index contributed by atoms with van der Waals surface area (Å²) < 4.78 is 38.0. The van der Waals surface area contributed by atoms with Gasteiger partial charge in [-0.3, -0.25) is 4.79 Å². The van der Waals surface area contributed by atoms with Crippen molar-refractivity contribution in [1.29, 1.82) is 0 Å². The smallest absolute Gasteiger partial charge is 0.416 e. The van der Waals surface area contributed by atoms with Gasteiger partial charge in [0.05, 0.1) is 5.56 Å². The summed E-state index contributed by atoms with van der Waals surface area (Å²) in [5, 5.41) is 11.3. The van der Waals surface area contributed by atoms with E-state index in [1.165, 1.54) is 6.07 Å². The molecule has 0 bridgehead atoms. The third-order valence-electron chi connectivity index (χ3n) is 3.79. The Labute approximate surface area is 125 Å². The fourth-order valence-electron chi connectivity index (χ4n) is 2.42. The van der Waals surface area contributed by atoms with Crippen LogP contribution in [0.25, 0.3) is 0 Å². The van der Waals surface area contributed by atoms with Crippen LogP contribution in [0.15, 0.2) is 24.3 Å². The molecule has 0 heterocycles. The van der Waals surface area contributed by atoms with Crippen LogP contribution in [0.5, 0.6) is 0 Å². The highest BCUT2D eigenvalue weighted by molar-refractivity contribution is 5.87. The molecule has 1 aliphatic rings. The number of hydrogen-bond acceptors (Lipinski definition) is 2. The quantitative estimate of drug-likeness (QED) is 0.878. The Kier molecular flexibility index (Phi) is 4.44. The zero-order chi connectivity index (χ0) is 16.5. The molecule has 1 saturated carbocycles. The number of benzene rings is 1. The summed E-state index contributed by atoms with van der Waals surface area (Å²) in [6.07, 6.45) is -3.73. The fourth-order valence-corrected chi connectivity index (χ4v) is 2.42. The maximum atomic E-state index is 12.7. The third kappa shape index (κ3) is 3.58. The third-order valence-corrected chi connectivity index (χ3v) is 3.79. The number of alkyl halides is 3.